The fourth-order valence-corrected chi connectivity index (χ4v) is 4.12. The van der Waals surface area contributed by atoms with Crippen molar-refractivity contribution in [3.05, 3.63) is 0 Å². The number of nitrogens with zero attached hydrogens (tertiary/aromatic N) is 1. The van der Waals surface area contributed by atoms with Gasteiger partial charge in [0.25, 0.3) is 0 Å². The molecule has 1 aliphatic heterocycles. The number of hydrogen-bond donors (Lipinski definition) is 1. The van der Waals surface area contributed by atoms with Gasteiger partial charge in [-0.1, -0.05) is 32.6 Å². The van der Waals surface area contributed by atoms with Crippen molar-refractivity contribution in [3.8, 4) is 0 Å². The average Bonchev–Trinajstić information content (AvgIpc) is 2.83. The number of thiol groups is 1. The summed E-state index contributed by atoms with van der Waals surface area (Å²) in [5.41, 5.74) is 0.466. The third kappa shape index (κ3) is 4.64. The highest BCUT2D eigenvalue weighted by atomic mass is 32.1. The Morgan fingerprint density at radius 2 is 1.89 bits per heavy atom. The quantitative estimate of drug-likeness (QED) is 0.589. The Morgan fingerprint density at radius 1 is 1.16 bits per heavy atom. The Kier molecular flexibility index (Phi) is 6.51. The van der Waals surface area contributed by atoms with Gasteiger partial charge in [-0.25, -0.2) is 0 Å². The van der Waals surface area contributed by atoms with Gasteiger partial charge in [0.15, 0.2) is 0 Å². The molecule has 0 N–H and O–H groups in total. The first-order valence-corrected chi connectivity index (χ1v) is 8.86. The van der Waals surface area contributed by atoms with Crippen molar-refractivity contribution in [2.45, 2.75) is 64.4 Å². The summed E-state index contributed by atoms with van der Waals surface area (Å²) in [6.45, 7) is 6.77. The highest BCUT2D eigenvalue weighted by Crippen LogP contribution is 2.37. The molecule has 2 aliphatic rings. The van der Waals surface area contributed by atoms with Crippen molar-refractivity contribution in [1.82, 2.24) is 4.90 Å². The van der Waals surface area contributed by atoms with Crippen LogP contribution in [-0.4, -0.2) is 43.0 Å². The minimum atomic E-state index is 0.466. The molecule has 19 heavy (non-hydrogen) atoms. The molecule has 2 nitrogen and oxygen atoms in total. The molecule has 1 unspecified atom stereocenters. The maximum atomic E-state index is 5.80. The molecule has 0 aromatic rings. The van der Waals surface area contributed by atoms with Crippen molar-refractivity contribution in [2.24, 2.45) is 5.41 Å². The molecule has 2 rings (SSSR count). The van der Waals surface area contributed by atoms with Gasteiger partial charge in [-0.2, -0.15) is 12.6 Å². The molecule has 3 heteroatoms. The van der Waals surface area contributed by atoms with Gasteiger partial charge in [0.2, 0.25) is 0 Å². The topological polar surface area (TPSA) is 12.5 Å². The van der Waals surface area contributed by atoms with Crippen LogP contribution in [0.5, 0.6) is 0 Å². The summed E-state index contributed by atoms with van der Waals surface area (Å²) in [4.78, 5) is 2.62. The van der Waals surface area contributed by atoms with Crippen molar-refractivity contribution in [1.29, 1.82) is 0 Å². The van der Waals surface area contributed by atoms with Crippen LogP contribution in [0, 0.1) is 5.41 Å². The first kappa shape index (κ1) is 15.7. The molecular weight excluding hydrogens is 254 g/mol. The van der Waals surface area contributed by atoms with Gasteiger partial charge in [-0.15, -0.1) is 0 Å². The van der Waals surface area contributed by atoms with E-state index in [0.29, 0.717) is 11.5 Å². The van der Waals surface area contributed by atoms with Crippen LogP contribution in [-0.2, 0) is 4.74 Å². The molecule has 1 saturated carbocycles. The lowest BCUT2D eigenvalue weighted by atomic mass is 9.81. The standard InChI is InChI=1S/C16H31NOS/c1-2-17(12-15-8-7-11-18-15)13-16(14-19)9-5-3-4-6-10-16/h15,19H,2-14H2,1H3. The lowest BCUT2D eigenvalue weighted by Crippen LogP contribution is -2.42. The van der Waals surface area contributed by atoms with E-state index in [4.69, 9.17) is 17.4 Å². The Hall–Kier alpha value is 0.270. The molecule has 0 aromatic carbocycles. The predicted molar refractivity (Wildman–Crippen MR) is 85.1 cm³/mol. The Morgan fingerprint density at radius 3 is 2.42 bits per heavy atom. The van der Waals surface area contributed by atoms with Gasteiger partial charge in [0.1, 0.15) is 0 Å². The SMILES string of the molecule is CCN(CC1CCCO1)CC1(CS)CCCCCC1. The van der Waals surface area contributed by atoms with Crippen molar-refractivity contribution in [2.75, 3.05) is 32.0 Å². The van der Waals surface area contributed by atoms with Crippen LogP contribution in [0.2, 0.25) is 0 Å². The predicted octanol–water partition coefficient (Wildman–Crippen LogP) is 3.76. The molecule has 1 atom stereocenters. The van der Waals surface area contributed by atoms with Gasteiger partial charge in [0, 0.05) is 19.7 Å². The summed E-state index contributed by atoms with van der Waals surface area (Å²) in [6.07, 6.45) is 11.4. The third-order valence-corrected chi connectivity index (χ3v) is 5.66. The van der Waals surface area contributed by atoms with E-state index in [2.05, 4.69) is 11.8 Å². The summed E-state index contributed by atoms with van der Waals surface area (Å²) in [5, 5.41) is 0. The van der Waals surface area contributed by atoms with Gasteiger partial charge in [-0.05, 0) is 43.4 Å². The van der Waals surface area contributed by atoms with E-state index in [1.54, 1.807) is 0 Å². The first-order valence-electron chi connectivity index (χ1n) is 8.23. The van der Waals surface area contributed by atoms with Crippen LogP contribution in [0.15, 0.2) is 0 Å². The minimum absolute atomic E-state index is 0.466. The van der Waals surface area contributed by atoms with Crippen LogP contribution in [0.3, 0.4) is 0 Å². The fourth-order valence-electron chi connectivity index (χ4n) is 3.70. The third-order valence-electron chi connectivity index (χ3n) is 4.99. The van der Waals surface area contributed by atoms with E-state index in [1.807, 2.05) is 0 Å². The fraction of sp³-hybridized carbons (Fsp3) is 1.00. The summed E-state index contributed by atoms with van der Waals surface area (Å²) >= 11 is 4.70. The van der Waals surface area contributed by atoms with E-state index in [9.17, 15) is 0 Å². The summed E-state index contributed by atoms with van der Waals surface area (Å²) in [5.74, 6) is 1.05. The zero-order chi connectivity index (χ0) is 13.6. The minimum Gasteiger partial charge on any atom is -0.377 e. The van der Waals surface area contributed by atoms with Crippen LogP contribution in [0.1, 0.15) is 58.3 Å². The van der Waals surface area contributed by atoms with Crippen molar-refractivity contribution < 1.29 is 4.74 Å². The van der Waals surface area contributed by atoms with Gasteiger partial charge < -0.3 is 9.64 Å². The van der Waals surface area contributed by atoms with E-state index < -0.39 is 0 Å². The molecular formula is C16H31NOS. The van der Waals surface area contributed by atoms with Gasteiger partial charge in [-0.3, -0.25) is 0 Å². The second kappa shape index (κ2) is 7.90. The molecule has 0 bridgehead atoms. The lowest BCUT2D eigenvalue weighted by molar-refractivity contribution is 0.0565. The molecule has 1 aliphatic carbocycles. The maximum absolute atomic E-state index is 5.80. The smallest absolute Gasteiger partial charge is 0.0702 e. The molecule has 0 aromatic heterocycles. The summed E-state index contributed by atoms with van der Waals surface area (Å²) in [7, 11) is 0. The maximum Gasteiger partial charge on any atom is 0.0702 e. The molecule has 112 valence electrons. The monoisotopic (exact) mass is 285 g/mol. The van der Waals surface area contributed by atoms with Crippen molar-refractivity contribution in [3.63, 3.8) is 0 Å². The first-order chi connectivity index (χ1) is 9.28. The Bertz CT molecular complexity index is 245. The number of hydrogen-bond acceptors (Lipinski definition) is 3. The Labute approximate surface area is 124 Å². The summed E-state index contributed by atoms with van der Waals surface area (Å²) < 4.78 is 5.80. The van der Waals surface area contributed by atoms with Crippen LogP contribution in [0.4, 0.5) is 0 Å². The largest absolute Gasteiger partial charge is 0.377 e. The van der Waals surface area contributed by atoms with Gasteiger partial charge >= 0.3 is 0 Å². The second-order valence-corrected chi connectivity index (χ2v) is 6.85. The van der Waals surface area contributed by atoms with Crippen LogP contribution < -0.4 is 0 Å². The molecule has 0 spiro atoms. The summed E-state index contributed by atoms with van der Waals surface area (Å²) in [6, 6.07) is 0. The molecule has 2 fully saturated rings. The zero-order valence-electron chi connectivity index (χ0n) is 12.6. The highest BCUT2D eigenvalue weighted by Gasteiger charge is 2.32. The number of ether oxygens (including phenoxy) is 1. The van der Waals surface area contributed by atoms with E-state index in [0.717, 1.165) is 25.4 Å². The van der Waals surface area contributed by atoms with Gasteiger partial charge in [0.05, 0.1) is 6.10 Å². The lowest BCUT2D eigenvalue weighted by Gasteiger charge is -2.37. The van der Waals surface area contributed by atoms with E-state index in [-0.39, 0.29) is 0 Å². The van der Waals surface area contributed by atoms with Crippen LogP contribution >= 0.6 is 12.6 Å². The normalized spacial score (nSPS) is 27.6. The second-order valence-electron chi connectivity index (χ2n) is 6.54. The van der Waals surface area contributed by atoms with E-state index >= 15 is 0 Å². The molecule has 0 radical (unpaired) electrons. The number of rotatable bonds is 6. The van der Waals surface area contributed by atoms with Crippen molar-refractivity contribution >= 4 is 12.6 Å². The van der Waals surface area contributed by atoms with E-state index in [1.165, 1.54) is 57.9 Å². The molecule has 1 heterocycles. The molecule has 1 saturated heterocycles. The Balaban J connectivity index is 1.89. The average molecular weight is 285 g/mol. The zero-order valence-corrected chi connectivity index (χ0v) is 13.5. The molecule has 0 amide bonds. The van der Waals surface area contributed by atoms with Crippen LogP contribution in [0.25, 0.3) is 0 Å². The highest BCUT2D eigenvalue weighted by molar-refractivity contribution is 7.80. The number of likely N-dealkylation sites (N-methyl/N-ethyl adjacent to an activating group) is 1.